The lowest BCUT2D eigenvalue weighted by molar-refractivity contribution is -0.148. The van der Waals surface area contributed by atoms with Gasteiger partial charge in [-0.3, -0.25) is 19.4 Å². The fraction of sp³-hybridized carbons (Fsp3) is 0.429. The van der Waals surface area contributed by atoms with Crippen LogP contribution in [0.3, 0.4) is 0 Å². The zero-order valence-corrected chi connectivity index (χ0v) is 11.7. The summed E-state index contributed by atoms with van der Waals surface area (Å²) in [5.74, 6) is -0.440. The lowest BCUT2D eigenvalue weighted by Crippen LogP contribution is -2.66. The van der Waals surface area contributed by atoms with Crippen LogP contribution in [0.4, 0.5) is 0 Å². The molecule has 3 rings (SSSR count). The molecule has 0 aromatic carbocycles. The van der Waals surface area contributed by atoms with Crippen LogP contribution in [0.2, 0.25) is 0 Å². The predicted octanol–water partition coefficient (Wildman–Crippen LogP) is -0.827. The van der Waals surface area contributed by atoms with Crippen LogP contribution in [0, 0.1) is 6.92 Å². The Balaban J connectivity index is 1.80. The molecule has 0 radical (unpaired) electrons. The zero-order valence-electron chi connectivity index (χ0n) is 11.7. The first-order valence-corrected chi connectivity index (χ1v) is 6.85. The normalized spacial score (nSPS) is 21.9. The average Bonchev–Trinajstić information content (AvgIpc) is 2.50. The molecular formula is C14H16N4O3. The van der Waals surface area contributed by atoms with Crippen LogP contribution in [-0.2, 0) is 9.59 Å². The molecule has 0 spiro atoms. The van der Waals surface area contributed by atoms with Crippen LogP contribution in [0.1, 0.15) is 15.9 Å². The smallest absolute Gasteiger partial charge is 0.255 e. The highest BCUT2D eigenvalue weighted by Gasteiger charge is 2.40. The summed E-state index contributed by atoms with van der Waals surface area (Å²) in [6, 6.07) is 1.20. The van der Waals surface area contributed by atoms with Crippen molar-refractivity contribution in [2.24, 2.45) is 0 Å². The molecule has 2 fully saturated rings. The van der Waals surface area contributed by atoms with E-state index in [0.717, 1.165) is 5.56 Å². The maximum atomic E-state index is 12.5. The maximum Gasteiger partial charge on any atom is 0.255 e. The monoisotopic (exact) mass is 288 g/mol. The molecule has 3 amide bonds. The number of carbonyl (C=O) groups is 3. The summed E-state index contributed by atoms with van der Waals surface area (Å²) in [5, 5.41) is 2.56. The number of hydrogen-bond acceptors (Lipinski definition) is 4. The Kier molecular flexibility index (Phi) is 3.32. The number of amides is 3. The van der Waals surface area contributed by atoms with Crippen LogP contribution in [0.25, 0.3) is 0 Å². The van der Waals surface area contributed by atoms with Gasteiger partial charge in [0.15, 0.2) is 0 Å². The fourth-order valence-electron chi connectivity index (χ4n) is 2.73. The van der Waals surface area contributed by atoms with Crippen molar-refractivity contribution in [2.75, 3.05) is 26.2 Å². The lowest BCUT2D eigenvalue weighted by atomic mass is 10.1. The van der Waals surface area contributed by atoms with Crippen molar-refractivity contribution in [1.82, 2.24) is 20.1 Å². The van der Waals surface area contributed by atoms with E-state index in [1.54, 1.807) is 22.1 Å². The van der Waals surface area contributed by atoms with Gasteiger partial charge < -0.3 is 15.1 Å². The van der Waals surface area contributed by atoms with Gasteiger partial charge in [0.1, 0.15) is 6.04 Å². The molecule has 1 aromatic heterocycles. The SMILES string of the molecule is Cc1ccncc1C(=O)N1CCN2C(=O)CNC(=O)[C@H]2C1. The first-order valence-electron chi connectivity index (χ1n) is 6.85. The van der Waals surface area contributed by atoms with E-state index in [2.05, 4.69) is 10.3 Å². The Morgan fingerprint density at radius 1 is 1.38 bits per heavy atom. The number of piperazine rings is 2. The summed E-state index contributed by atoms with van der Waals surface area (Å²) < 4.78 is 0. The third-order valence-electron chi connectivity index (χ3n) is 3.97. The van der Waals surface area contributed by atoms with E-state index in [1.807, 2.05) is 6.92 Å². The fourth-order valence-corrected chi connectivity index (χ4v) is 2.73. The van der Waals surface area contributed by atoms with E-state index in [9.17, 15) is 14.4 Å². The van der Waals surface area contributed by atoms with Gasteiger partial charge in [-0.05, 0) is 18.6 Å². The summed E-state index contributed by atoms with van der Waals surface area (Å²) in [6.45, 7) is 2.95. The van der Waals surface area contributed by atoms with Gasteiger partial charge in [0, 0.05) is 25.5 Å². The van der Waals surface area contributed by atoms with Crippen molar-refractivity contribution < 1.29 is 14.4 Å². The summed E-state index contributed by atoms with van der Waals surface area (Å²) >= 11 is 0. The van der Waals surface area contributed by atoms with Gasteiger partial charge in [-0.25, -0.2) is 0 Å². The van der Waals surface area contributed by atoms with Crippen LogP contribution in [0.15, 0.2) is 18.5 Å². The third-order valence-corrected chi connectivity index (χ3v) is 3.97. The van der Waals surface area contributed by atoms with Crippen LogP contribution >= 0.6 is 0 Å². The molecule has 2 saturated heterocycles. The molecule has 21 heavy (non-hydrogen) atoms. The number of aromatic nitrogens is 1. The Bertz CT molecular complexity index is 616. The average molecular weight is 288 g/mol. The molecule has 7 nitrogen and oxygen atoms in total. The first kappa shape index (κ1) is 13.5. The number of hydrogen-bond donors (Lipinski definition) is 1. The highest BCUT2D eigenvalue weighted by molar-refractivity contribution is 5.98. The van der Waals surface area contributed by atoms with E-state index in [-0.39, 0.29) is 30.8 Å². The summed E-state index contributed by atoms with van der Waals surface area (Å²) in [5.41, 5.74) is 1.38. The predicted molar refractivity (Wildman–Crippen MR) is 73.4 cm³/mol. The summed E-state index contributed by atoms with van der Waals surface area (Å²) in [4.78, 5) is 43.3. The second-order valence-electron chi connectivity index (χ2n) is 5.26. The molecular weight excluding hydrogens is 272 g/mol. The van der Waals surface area contributed by atoms with Crippen molar-refractivity contribution in [1.29, 1.82) is 0 Å². The molecule has 0 aliphatic carbocycles. The molecule has 1 atom stereocenters. The Hall–Kier alpha value is -2.44. The number of carbonyl (C=O) groups excluding carboxylic acids is 3. The zero-order chi connectivity index (χ0) is 15.0. The van der Waals surface area contributed by atoms with Gasteiger partial charge in [-0.15, -0.1) is 0 Å². The molecule has 1 N–H and O–H groups in total. The quantitative estimate of drug-likeness (QED) is 0.731. The maximum absolute atomic E-state index is 12.5. The van der Waals surface area contributed by atoms with E-state index in [1.165, 1.54) is 6.20 Å². The Labute approximate surface area is 121 Å². The Morgan fingerprint density at radius 2 is 2.19 bits per heavy atom. The molecule has 110 valence electrons. The number of aryl methyl sites for hydroxylation is 1. The summed E-state index contributed by atoms with van der Waals surface area (Å²) in [7, 11) is 0. The van der Waals surface area contributed by atoms with Crippen molar-refractivity contribution in [3.05, 3.63) is 29.6 Å². The summed E-state index contributed by atoms with van der Waals surface area (Å²) in [6.07, 6.45) is 3.17. The van der Waals surface area contributed by atoms with Crippen molar-refractivity contribution in [3.8, 4) is 0 Å². The third kappa shape index (κ3) is 2.35. The minimum atomic E-state index is -0.582. The second-order valence-corrected chi connectivity index (χ2v) is 5.26. The Morgan fingerprint density at radius 3 is 2.95 bits per heavy atom. The molecule has 0 bridgehead atoms. The van der Waals surface area contributed by atoms with Crippen molar-refractivity contribution in [2.45, 2.75) is 13.0 Å². The molecule has 3 heterocycles. The minimum absolute atomic E-state index is 0.0466. The first-order chi connectivity index (χ1) is 10.1. The molecule has 2 aliphatic rings. The van der Waals surface area contributed by atoms with Gasteiger partial charge >= 0.3 is 0 Å². The minimum Gasteiger partial charge on any atom is -0.345 e. The van der Waals surface area contributed by atoms with E-state index in [0.29, 0.717) is 18.7 Å². The highest BCUT2D eigenvalue weighted by Crippen LogP contribution is 2.17. The second kappa shape index (κ2) is 5.16. The van der Waals surface area contributed by atoms with Crippen LogP contribution in [-0.4, -0.2) is 64.7 Å². The molecule has 1 aromatic rings. The van der Waals surface area contributed by atoms with E-state index >= 15 is 0 Å². The number of nitrogens with zero attached hydrogens (tertiary/aromatic N) is 3. The van der Waals surface area contributed by atoms with Gasteiger partial charge in [-0.2, -0.15) is 0 Å². The van der Waals surface area contributed by atoms with Crippen molar-refractivity contribution >= 4 is 17.7 Å². The van der Waals surface area contributed by atoms with Crippen LogP contribution in [0.5, 0.6) is 0 Å². The van der Waals surface area contributed by atoms with Crippen molar-refractivity contribution in [3.63, 3.8) is 0 Å². The number of pyridine rings is 1. The van der Waals surface area contributed by atoms with Crippen LogP contribution < -0.4 is 5.32 Å². The molecule has 0 unspecified atom stereocenters. The molecule has 7 heteroatoms. The molecule has 2 aliphatic heterocycles. The number of rotatable bonds is 1. The number of fused-ring (bicyclic) bond motifs is 1. The number of nitrogens with one attached hydrogen (secondary N) is 1. The van der Waals surface area contributed by atoms with Gasteiger partial charge in [-0.1, -0.05) is 0 Å². The van der Waals surface area contributed by atoms with Gasteiger partial charge in [0.2, 0.25) is 11.8 Å². The van der Waals surface area contributed by atoms with E-state index < -0.39 is 6.04 Å². The topological polar surface area (TPSA) is 82.6 Å². The largest absolute Gasteiger partial charge is 0.345 e. The van der Waals surface area contributed by atoms with Gasteiger partial charge in [0.25, 0.3) is 5.91 Å². The standard InChI is InChI=1S/C14H16N4O3/c1-9-2-3-15-6-10(9)14(21)17-4-5-18-11(8-17)13(20)16-7-12(18)19/h2-3,6,11H,4-5,7-8H2,1H3,(H,16,20)/t11-/m1/s1. The van der Waals surface area contributed by atoms with Gasteiger partial charge in [0.05, 0.1) is 18.7 Å². The highest BCUT2D eigenvalue weighted by atomic mass is 16.2. The molecule has 0 saturated carbocycles. The van der Waals surface area contributed by atoms with E-state index in [4.69, 9.17) is 0 Å². The lowest BCUT2D eigenvalue weighted by Gasteiger charge is -2.42.